The van der Waals surface area contributed by atoms with E-state index in [0.29, 0.717) is 16.1 Å². The zero-order chi connectivity index (χ0) is 24.8. The highest BCUT2D eigenvalue weighted by atomic mass is 35.5. The molecule has 2 aromatic rings. The number of nitrogens with one attached hydrogen (secondary N) is 1. The fourth-order valence-electron chi connectivity index (χ4n) is 3.05. The summed E-state index contributed by atoms with van der Waals surface area (Å²) < 4.78 is 70.8. The van der Waals surface area contributed by atoms with Crippen LogP contribution in [-0.2, 0) is 21.0 Å². The Labute approximate surface area is 196 Å². The zero-order valence-electron chi connectivity index (χ0n) is 18.5. The quantitative estimate of drug-likeness (QED) is 0.473. The van der Waals surface area contributed by atoms with Crippen molar-refractivity contribution < 1.29 is 31.1 Å². The van der Waals surface area contributed by atoms with Gasteiger partial charge in [-0.05, 0) is 61.7 Å². The summed E-state index contributed by atoms with van der Waals surface area (Å²) in [5, 5.41) is 2.48. The molecule has 2 aromatic carbocycles. The number of amides is 1. The highest BCUT2D eigenvalue weighted by Gasteiger charge is 2.36. The highest BCUT2D eigenvalue weighted by molar-refractivity contribution is 7.92. The van der Waals surface area contributed by atoms with Crippen molar-refractivity contribution >= 4 is 33.2 Å². The minimum atomic E-state index is -4.80. The summed E-state index contributed by atoms with van der Waals surface area (Å²) in [6.45, 7) is 4.13. The van der Waals surface area contributed by atoms with Crippen molar-refractivity contribution in [3.63, 3.8) is 0 Å². The topological polar surface area (TPSA) is 75.7 Å². The maximum atomic E-state index is 13.4. The van der Waals surface area contributed by atoms with E-state index in [9.17, 15) is 26.4 Å². The fraction of sp³-hybridized carbons (Fsp3) is 0.409. The van der Waals surface area contributed by atoms with Crippen molar-refractivity contribution in [3.05, 3.63) is 58.1 Å². The van der Waals surface area contributed by atoms with Gasteiger partial charge in [-0.15, -0.1) is 0 Å². The average Bonchev–Trinajstić information content (AvgIpc) is 2.70. The fourth-order valence-corrected chi connectivity index (χ4v) is 4.20. The number of alkyl halides is 3. The molecule has 0 bridgehead atoms. The van der Waals surface area contributed by atoms with Crippen LogP contribution in [0.15, 0.2) is 36.4 Å². The van der Waals surface area contributed by atoms with Crippen molar-refractivity contribution in [2.24, 2.45) is 0 Å². The number of sulfonamides is 1. The van der Waals surface area contributed by atoms with E-state index in [1.54, 1.807) is 0 Å². The second-order valence-corrected chi connectivity index (χ2v) is 9.89. The molecule has 0 aromatic heterocycles. The van der Waals surface area contributed by atoms with Crippen LogP contribution in [0.3, 0.4) is 0 Å². The van der Waals surface area contributed by atoms with E-state index in [0.717, 1.165) is 23.4 Å². The Morgan fingerprint density at radius 1 is 1.12 bits per heavy atom. The normalized spacial score (nSPS) is 11.8. The first-order valence-corrected chi connectivity index (χ1v) is 12.3. The van der Waals surface area contributed by atoms with Crippen LogP contribution < -0.4 is 14.4 Å². The van der Waals surface area contributed by atoms with Crippen LogP contribution in [0, 0.1) is 13.8 Å². The number of aryl methyl sites for hydroxylation is 2. The molecule has 0 heterocycles. The molecule has 0 aliphatic rings. The molecule has 2 rings (SSSR count). The maximum absolute atomic E-state index is 13.4. The second-order valence-electron chi connectivity index (χ2n) is 7.54. The molecule has 1 N–H and O–H groups in total. The standard InChI is InChI=1S/C22H26ClF3N2O4S/c1-15-6-8-18(13-16(15)2)32-12-10-27-21(29)5-4-11-28(33(3,30)31)20-9-7-17(23)14-19(20)22(24,25)26/h6-9,13-14H,4-5,10-12H2,1-3H3,(H,27,29). The molecule has 182 valence electrons. The van der Waals surface area contributed by atoms with Gasteiger partial charge in [0.1, 0.15) is 12.4 Å². The third-order valence-electron chi connectivity index (χ3n) is 4.87. The summed E-state index contributed by atoms with van der Waals surface area (Å²) in [5.41, 5.74) is 0.533. The van der Waals surface area contributed by atoms with Crippen molar-refractivity contribution in [3.8, 4) is 5.75 Å². The minimum absolute atomic E-state index is 0.0246. The van der Waals surface area contributed by atoms with Gasteiger partial charge in [0.25, 0.3) is 0 Å². The van der Waals surface area contributed by atoms with E-state index in [2.05, 4.69) is 5.32 Å². The Bertz CT molecular complexity index is 1090. The predicted molar refractivity (Wildman–Crippen MR) is 122 cm³/mol. The monoisotopic (exact) mass is 506 g/mol. The molecule has 0 saturated carbocycles. The van der Waals surface area contributed by atoms with Crippen molar-refractivity contribution in [1.29, 1.82) is 0 Å². The van der Waals surface area contributed by atoms with Gasteiger partial charge < -0.3 is 10.1 Å². The van der Waals surface area contributed by atoms with Crippen LogP contribution >= 0.6 is 11.6 Å². The van der Waals surface area contributed by atoms with Gasteiger partial charge in [0, 0.05) is 18.0 Å². The number of nitrogens with zero attached hydrogens (tertiary/aromatic N) is 1. The lowest BCUT2D eigenvalue weighted by atomic mass is 10.1. The molecule has 0 atom stereocenters. The molecular weight excluding hydrogens is 481 g/mol. The first-order chi connectivity index (χ1) is 15.3. The molecule has 1 amide bonds. The summed E-state index contributed by atoms with van der Waals surface area (Å²) in [5.74, 6) is 0.318. The SMILES string of the molecule is Cc1ccc(OCCNC(=O)CCCN(c2ccc(Cl)cc2C(F)(F)F)S(C)(=O)=O)cc1C. The number of hydrogen-bond donors (Lipinski definition) is 1. The number of anilines is 1. The lowest BCUT2D eigenvalue weighted by Gasteiger charge is -2.25. The van der Waals surface area contributed by atoms with Gasteiger partial charge in [0.15, 0.2) is 0 Å². The van der Waals surface area contributed by atoms with Crippen LogP contribution in [0.4, 0.5) is 18.9 Å². The Kier molecular flexibility index (Phi) is 9.02. The minimum Gasteiger partial charge on any atom is -0.492 e. The van der Waals surface area contributed by atoms with Gasteiger partial charge in [-0.25, -0.2) is 8.42 Å². The van der Waals surface area contributed by atoms with Crippen LogP contribution in [-0.4, -0.2) is 40.3 Å². The van der Waals surface area contributed by atoms with Gasteiger partial charge in [0.2, 0.25) is 15.9 Å². The van der Waals surface area contributed by atoms with Crippen molar-refractivity contribution in [1.82, 2.24) is 5.32 Å². The Balaban J connectivity index is 1.91. The molecule has 0 radical (unpaired) electrons. The maximum Gasteiger partial charge on any atom is 0.418 e. The number of rotatable bonds is 10. The summed E-state index contributed by atoms with van der Waals surface area (Å²) in [4.78, 5) is 12.1. The lowest BCUT2D eigenvalue weighted by molar-refractivity contribution is -0.137. The zero-order valence-corrected chi connectivity index (χ0v) is 20.1. The molecule has 0 saturated heterocycles. The number of hydrogen-bond acceptors (Lipinski definition) is 4. The largest absolute Gasteiger partial charge is 0.492 e. The molecule has 33 heavy (non-hydrogen) atoms. The van der Waals surface area contributed by atoms with Crippen molar-refractivity contribution in [2.45, 2.75) is 32.9 Å². The summed E-state index contributed by atoms with van der Waals surface area (Å²) in [6.07, 6.45) is -4.02. The summed E-state index contributed by atoms with van der Waals surface area (Å²) in [6, 6.07) is 8.53. The smallest absolute Gasteiger partial charge is 0.418 e. The molecule has 0 unspecified atom stereocenters. The van der Waals surface area contributed by atoms with Crippen LogP contribution in [0.25, 0.3) is 0 Å². The van der Waals surface area contributed by atoms with Gasteiger partial charge in [-0.2, -0.15) is 13.2 Å². The number of carbonyl (C=O) groups excluding carboxylic acids is 1. The third-order valence-corrected chi connectivity index (χ3v) is 6.28. The number of carbonyl (C=O) groups is 1. The van der Waals surface area contributed by atoms with Gasteiger partial charge in [0.05, 0.1) is 24.1 Å². The van der Waals surface area contributed by atoms with Crippen LogP contribution in [0.5, 0.6) is 5.75 Å². The molecule has 11 heteroatoms. The summed E-state index contributed by atoms with van der Waals surface area (Å²) >= 11 is 5.67. The average molecular weight is 507 g/mol. The van der Waals surface area contributed by atoms with E-state index in [-0.39, 0.29) is 43.5 Å². The molecule has 0 spiro atoms. The molecule has 6 nitrogen and oxygen atoms in total. The lowest BCUT2D eigenvalue weighted by Crippen LogP contribution is -2.34. The second kappa shape index (κ2) is 11.1. The Hall–Kier alpha value is -2.46. The first kappa shape index (κ1) is 26.8. The first-order valence-electron chi connectivity index (χ1n) is 10.1. The third kappa shape index (κ3) is 8.12. The molecule has 0 fully saturated rings. The molecular formula is C22H26ClF3N2O4S. The summed E-state index contributed by atoms with van der Waals surface area (Å²) in [7, 11) is -4.03. The van der Waals surface area contributed by atoms with E-state index < -0.39 is 27.5 Å². The number of benzene rings is 2. The van der Waals surface area contributed by atoms with Crippen LogP contribution in [0.2, 0.25) is 5.02 Å². The van der Waals surface area contributed by atoms with E-state index >= 15 is 0 Å². The van der Waals surface area contributed by atoms with Crippen LogP contribution in [0.1, 0.15) is 29.5 Å². The van der Waals surface area contributed by atoms with Crippen molar-refractivity contribution in [2.75, 3.05) is 30.3 Å². The van der Waals surface area contributed by atoms with E-state index in [1.165, 1.54) is 6.07 Å². The molecule has 0 aliphatic heterocycles. The molecule has 0 aliphatic carbocycles. The van der Waals surface area contributed by atoms with E-state index in [4.69, 9.17) is 16.3 Å². The van der Waals surface area contributed by atoms with Gasteiger partial charge in [-0.1, -0.05) is 17.7 Å². The Morgan fingerprint density at radius 3 is 2.42 bits per heavy atom. The predicted octanol–water partition coefficient (Wildman–Crippen LogP) is 4.72. The number of ether oxygens (including phenoxy) is 1. The van der Waals surface area contributed by atoms with E-state index in [1.807, 2.05) is 32.0 Å². The highest BCUT2D eigenvalue weighted by Crippen LogP contribution is 2.39. The Morgan fingerprint density at radius 2 is 1.82 bits per heavy atom. The van der Waals surface area contributed by atoms with Gasteiger partial charge in [-0.3, -0.25) is 9.10 Å². The number of halogens is 4. The van der Waals surface area contributed by atoms with Gasteiger partial charge >= 0.3 is 6.18 Å².